The first-order valence-corrected chi connectivity index (χ1v) is 12.4. The number of halogens is 3. The lowest BCUT2D eigenvalue weighted by Gasteiger charge is -2.37. The number of carboxylic acid groups (broad SMARTS) is 1. The van der Waals surface area contributed by atoms with Gasteiger partial charge in [0.15, 0.2) is 0 Å². The number of likely N-dealkylation sites (tertiary alicyclic amines) is 1. The van der Waals surface area contributed by atoms with E-state index in [0.717, 1.165) is 17.8 Å². The zero-order valence-electron chi connectivity index (χ0n) is 20.4. The van der Waals surface area contributed by atoms with Crippen molar-refractivity contribution < 1.29 is 32.7 Å². The fourth-order valence-electron chi connectivity index (χ4n) is 6.06. The normalized spacial score (nSPS) is 24.8. The van der Waals surface area contributed by atoms with Crippen molar-refractivity contribution >= 4 is 24.0 Å². The van der Waals surface area contributed by atoms with E-state index in [9.17, 15) is 32.7 Å². The molecule has 1 saturated carbocycles. The van der Waals surface area contributed by atoms with E-state index in [1.54, 1.807) is 11.0 Å². The van der Waals surface area contributed by atoms with Gasteiger partial charge in [-0.1, -0.05) is 30.3 Å². The van der Waals surface area contributed by atoms with Gasteiger partial charge < -0.3 is 20.2 Å². The lowest BCUT2D eigenvalue weighted by molar-refractivity contribution is -0.144. The summed E-state index contributed by atoms with van der Waals surface area (Å²) in [5.41, 5.74) is -0.147. The fourth-order valence-corrected chi connectivity index (χ4v) is 6.06. The summed E-state index contributed by atoms with van der Waals surface area (Å²) in [6.07, 6.45) is -0.816. The van der Waals surface area contributed by atoms with Crippen LogP contribution in [0.4, 0.5) is 18.0 Å². The number of carbonyl (C=O) groups excluding carboxylic acids is 2. The molecule has 2 fully saturated rings. The first-order chi connectivity index (χ1) is 18.0. The number of nitrogens with zero attached hydrogens (tertiary/aromatic N) is 3. The fraction of sp³-hybridized carbons (Fsp3) is 0.407. The van der Waals surface area contributed by atoms with Crippen molar-refractivity contribution in [2.45, 2.75) is 38.0 Å². The quantitative estimate of drug-likeness (QED) is 0.591. The van der Waals surface area contributed by atoms with Crippen LogP contribution < -0.4 is 5.32 Å². The van der Waals surface area contributed by atoms with Gasteiger partial charge in [0.2, 0.25) is 11.8 Å². The lowest BCUT2D eigenvalue weighted by atomic mass is 9.78. The molecule has 2 N–H and O–H groups in total. The van der Waals surface area contributed by atoms with Crippen LogP contribution in [0.1, 0.15) is 35.2 Å². The molecule has 3 heterocycles. The molecular weight excluding hydrogens is 501 g/mol. The van der Waals surface area contributed by atoms with Crippen LogP contribution in [0.5, 0.6) is 0 Å². The first-order valence-electron chi connectivity index (χ1n) is 12.4. The van der Waals surface area contributed by atoms with E-state index < -0.39 is 29.3 Å². The number of alkyl halides is 3. The number of nitrogens with one attached hydrogen (secondary N) is 1. The molecule has 0 bridgehead atoms. The Labute approximate surface area is 217 Å². The molecule has 8 nitrogen and oxygen atoms in total. The van der Waals surface area contributed by atoms with Crippen LogP contribution >= 0.6 is 0 Å². The van der Waals surface area contributed by atoms with Gasteiger partial charge >= 0.3 is 12.3 Å². The van der Waals surface area contributed by atoms with Crippen LogP contribution in [0.2, 0.25) is 0 Å². The molecule has 0 radical (unpaired) electrons. The van der Waals surface area contributed by atoms with Crippen LogP contribution in [-0.4, -0.2) is 63.5 Å². The molecule has 2 aromatic rings. The van der Waals surface area contributed by atoms with E-state index in [4.69, 9.17) is 0 Å². The van der Waals surface area contributed by atoms with Gasteiger partial charge in [-0.05, 0) is 42.0 Å². The van der Waals surface area contributed by atoms with Gasteiger partial charge in [-0.25, -0.2) is 4.79 Å². The predicted octanol–water partition coefficient (Wildman–Crippen LogP) is 3.57. The van der Waals surface area contributed by atoms with Gasteiger partial charge in [0.25, 0.3) is 0 Å². The molecule has 1 aromatic heterocycles. The molecule has 38 heavy (non-hydrogen) atoms. The highest BCUT2D eigenvalue weighted by Gasteiger charge is 2.59. The predicted molar refractivity (Wildman–Crippen MR) is 131 cm³/mol. The molecule has 3 atom stereocenters. The molecular formula is C27H27F3N4O4. The highest BCUT2D eigenvalue weighted by Crippen LogP contribution is 2.50. The Balaban J connectivity index is 1.38. The van der Waals surface area contributed by atoms with Crippen molar-refractivity contribution in [3.05, 3.63) is 71.1 Å². The van der Waals surface area contributed by atoms with Crippen LogP contribution in [-0.2, 0) is 28.7 Å². The number of hydrogen-bond acceptors (Lipinski definition) is 4. The topological polar surface area (TPSA) is 103 Å². The molecule has 1 aliphatic carbocycles. The monoisotopic (exact) mass is 528 g/mol. The minimum atomic E-state index is -4.54. The van der Waals surface area contributed by atoms with Crippen molar-refractivity contribution in [3.63, 3.8) is 0 Å². The van der Waals surface area contributed by atoms with Crippen molar-refractivity contribution in [1.29, 1.82) is 0 Å². The van der Waals surface area contributed by atoms with Gasteiger partial charge in [0.05, 0.1) is 11.0 Å². The summed E-state index contributed by atoms with van der Waals surface area (Å²) in [6, 6.07) is 9.91. The molecule has 3 aliphatic rings. The molecule has 200 valence electrons. The van der Waals surface area contributed by atoms with Crippen LogP contribution in [0.3, 0.4) is 0 Å². The van der Waals surface area contributed by atoms with Gasteiger partial charge in [-0.3, -0.25) is 14.6 Å². The Morgan fingerprint density at radius 2 is 1.92 bits per heavy atom. The number of hydrogen-bond donors (Lipinski definition) is 2. The summed E-state index contributed by atoms with van der Waals surface area (Å²) in [7, 11) is 0. The molecule has 0 unspecified atom stereocenters. The highest BCUT2D eigenvalue weighted by molar-refractivity contribution is 5.93. The summed E-state index contributed by atoms with van der Waals surface area (Å²) >= 11 is 0. The van der Waals surface area contributed by atoms with E-state index in [-0.39, 0.29) is 43.8 Å². The van der Waals surface area contributed by atoms with Crippen LogP contribution in [0.15, 0.2) is 48.7 Å². The third-order valence-corrected chi connectivity index (χ3v) is 7.81. The first kappa shape index (κ1) is 25.7. The lowest BCUT2D eigenvalue weighted by Crippen LogP contribution is -2.49. The summed E-state index contributed by atoms with van der Waals surface area (Å²) < 4.78 is 39.8. The number of carbonyl (C=O) groups is 3. The highest BCUT2D eigenvalue weighted by atomic mass is 19.4. The van der Waals surface area contributed by atoms with E-state index in [1.807, 2.05) is 30.3 Å². The molecule has 1 saturated heterocycles. The minimum Gasteiger partial charge on any atom is -0.465 e. The Bertz CT molecular complexity index is 1280. The molecule has 2 aliphatic heterocycles. The van der Waals surface area contributed by atoms with E-state index in [1.165, 1.54) is 11.0 Å². The van der Waals surface area contributed by atoms with Crippen molar-refractivity contribution in [3.8, 4) is 0 Å². The standard InChI is InChI=1S/C27H27F3N4O4/c28-27(29,30)19-10-18-14-33(9-8-22(18)31-13-19)24(36)26-12-21(32-25(37)38)11-20(26)15-34(16-26)23(35)7-6-17-4-2-1-3-5-17/h1-7,10,13,20-21,32H,8-9,11-12,14-16H2,(H,37,38)/b7-6+/t20-,21+,26-/m0/s1. The molecule has 3 amide bonds. The second kappa shape index (κ2) is 9.77. The summed E-state index contributed by atoms with van der Waals surface area (Å²) in [5, 5.41) is 11.7. The Morgan fingerprint density at radius 1 is 1.16 bits per heavy atom. The maximum Gasteiger partial charge on any atom is 0.417 e. The minimum absolute atomic E-state index is 0.0154. The van der Waals surface area contributed by atoms with Gasteiger partial charge in [0.1, 0.15) is 0 Å². The smallest absolute Gasteiger partial charge is 0.417 e. The van der Waals surface area contributed by atoms with E-state index in [0.29, 0.717) is 30.6 Å². The summed E-state index contributed by atoms with van der Waals surface area (Å²) in [4.78, 5) is 45.5. The number of rotatable bonds is 4. The number of pyridine rings is 1. The van der Waals surface area contributed by atoms with Gasteiger partial charge in [-0.15, -0.1) is 0 Å². The average Bonchev–Trinajstić information content (AvgIpc) is 3.40. The second-order valence-electron chi connectivity index (χ2n) is 10.2. The van der Waals surface area contributed by atoms with Crippen LogP contribution in [0.25, 0.3) is 6.08 Å². The zero-order valence-corrected chi connectivity index (χ0v) is 20.4. The van der Waals surface area contributed by atoms with Crippen molar-refractivity contribution in [2.24, 2.45) is 11.3 Å². The maximum atomic E-state index is 14.0. The third-order valence-electron chi connectivity index (χ3n) is 7.81. The van der Waals surface area contributed by atoms with Crippen LogP contribution in [0, 0.1) is 11.3 Å². The average molecular weight is 529 g/mol. The maximum absolute atomic E-state index is 14.0. The van der Waals surface area contributed by atoms with Gasteiger partial charge in [-0.2, -0.15) is 13.2 Å². The van der Waals surface area contributed by atoms with E-state index in [2.05, 4.69) is 10.3 Å². The largest absolute Gasteiger partial charge is 0.465 e. The summed E-state index contributed by atoms with van der Waals surface area (Å²) in [5.74, 6) is -0.786. The number of benzene rings is 1. The number of aromatic nitrogens is 1. The van der Waals surface area contributed by atoms with E-state index >= 15 is 0 Å². The third kappa shape index (κ3) is 4.97. The molecule has 1 aromatic carbocycles. The molecule has 5 rings (SSSR count). The molecule has 0 spiro atoms. The number of fused-ring (bicyclic) bond motifs is 2. The Hall–Kier alpha value is -3.89. The van der Waals surface area contributed by atoms with Crippen molar-refractivity contribution in [2.75, 3.05) is 19.6 Å². The Kier molecular flexibility index (Phi) is 6.62. The van der Waals surface area contributed by atoms with Crippen molar-refractivity contribution in [1.82, 2.24) is 20.1 Å². The molecule has 11 heteroatoms. The SMILES string of the molecule is O=C(O)N[C@@H]1C[C@H]2CN(C(=O)/C=C/c3ccccc3)C[C@@]2(C(=O)N2CCc3ncc(C(F)(F)F)cc3C2)C1. The zero-order chi connectivity index (χ0) is 27.1. The second-order valence-corrected chi connectivity index (χ2v) is 10.2. The Morgan fingerprint density at radius 3 is 2.63 bits per heavy atom. The number of amides is 3. The summed E-state index contributed by atoms with van der Waals surface area (Å²) in [6.45, 7) is 0.693. The van der Waals surface area contributed by atoms with Gasteiger partial charge in [0, 0.05) is 56.6 Å².